The third-order valence-electron chi connectivity index (χ3n) is 3.80. The van der Waals surface area contributed by atoms with E-state index in [1.165, 1.54) is 28.3 Å². The molecule has 0 heterocycles. The Morgan fingerprint density at radius 3 is 1.76 bits per heavy atom. The minimum absolute atomic E-state index is 0.0428. The summed E-state index contributed by atoms with van der Waals surface area (Å²) in [5, 5.41) is 1.60. The van der Waals surface area contributed by atoms with Crippen LogP contribution in [0.2, 0.25) is 0 Å². The number of amides is 1. The van der Waals surface area contributed by atoms with Crippen molar-refractivity contribution in [1.82, 2.24) is 9.76 Å². The van der Waals surface area contributed by atoms with Crippen LogP contribution in [0, 0.1) is 0 Å². The maximum absolute atomic E-state index is 12.5. The van der Waals surface area contributed by atoms with Crippen LogP contribution in [0.1, 0.15) is 19.8 Å². The van der Waals surface area contributed by atoms with E-state index in [0.717, 1.165) is 0 Å². The lowest BCUT2D eigenvalue weighted by atomic mass is 10.3. The summed E-state index contributed by atoms with van der Waals surface area (Å²) in [5.41, 5.74) is 0.562. The molecule has 1 aromatic rings. The molecular formula is C17H25N2O6+. The first kappa shape index (κ1) is 20.8. The van der Waals surface area contributed by atoms with E-state index >= 15 is 0 Å². The monoisotopic (exact) mass is 353 g/mol. The smallest absolute Gasteiger partial charge is 0.367 e. The molecule has 8 nitrogen and oxygen atoms in total. The predicted octanol–water partition coefficient (Wildman–Crippen LogP) is 1.44. The molecule has 0 radical (unpaired) electrons. The van der Waals surface area contributed by atoms with E-state index in [9.17, 15) is 14.4 Å². The summed E-state index contributed by atoms with van der Waals surface area (Å²) in [6.07, 6.45) is 0.0856. The van der Waals surface area contributed by atoms with Gasteiger partial charge in [0, 0.05) is 12.1 Å². The fourth-order valence-electron chi connectivity index (χ4n) is 2.56. The Kier molecular flexibility index (Phi) is 8.20. The number of benzene rings is 1. The molecule has 0 spiro atoms. The highest BCUT2D eigenvalue weighted by Crippen LogP contribution is 2.27. The van der Waals surface area contributed by atoms with Crippen molar-refractivity contribution in [2.75, 3.05) is 34.4 Å². The Balaban J connectivity index is 3.23. The van der Waals surface area contributed by atoms with Gasteiger partial charge in [0.05, 0.1) is 54.2 Å². The highest BCUT2D eigenvalue weighted by Gasteiger charge is 2.45. The van der Waals surface area contributed by atoms with Crippen molar-refractivity contribution in [3.63, 3.8) is 0 Å². The summed E-state index contributed by atoms with van der Waals surface area (Å²) in [6.45, 7) is 1.71. The number of hydrogen-bond donors (Lipinski definition) is 0. The Morgan fingerprint density at radius 1 is 0.920 bits per heavy atom. The second kappa shape index (κ2) is 9.87. The van der Waals surface area contributed by atoms with Gasteiger partial charge in [-0.15, -0.1) is 5.01 Å². The van der Waals surface area contributed by atoms with E-state index in [2.05, 4.69) is 9.47 Å². The van der Waals surface area contributed by atoms with Crippen molar-refractivity contribution in [2.24, 2.45) is 0 Å². The van der Waals surface area contributed by atoms with Gasteiger partial charge in [-0.3, -0.25) is 9.59 Å². The van der Waals surface area contributed by atoms with Gasteiger partial charge < -0.3 is 9.47 Å². The lowest BCUT2D eigenvalue weighted by Crippen LogP contribution is -2.64. The highest BCUT2D eigenvalue weighted by atomic mass is 16.8. The fourth-order valence-corrected chi connectivity index (χ4v) is 2.56. The standard InChI is InChI=1S/C17H25N2O6/c1-14(20)19(25-4,15-8-6-5-7-9-15)18(12-10-16(21)23-2)13-11-17(22)24-3/h5-9H,10-13H2,1-4H3/q+1. The number of carbonyl (C=O) groups is 3. The largest absolute Gasteiger partial charge is 0.469 e. The number of esters is 2. The molecule has 0 aliphatic heterocycles. The summed E-state index contributed by atoms with van der Waals surface area (Å²) in [5.74, 6) is -1.16. The average Bonchev–Trinajstić information content (AvgIpc) is 2.64. The van der Waals surface area contributed by atoms with E-state index in [4.69, 9.17) is 4.84 Å². The summed E-state index contributed by atoms with van der Waals surface area (Å²) in [4.78, 5) is 41.2. The van der Waals surface area contributed by atoms with Crippen LogP contribution in [0.3, 0.4) is 0 Å². The molecule has 0 N–H and O–H groups in total. The maximum atomic E-state index is 12.5. The van der Waals surface area contributed by atoms with Crippen LogP contribution in [-0.4, -0.2) is 57.3 Å². The van der Waals surface area contributed by atoms with Crippen LogP contribution >= 0.6 is 0 Å². The molecule has 1 amide bonds. The molecule has 25 heavy (non-hydrogen) atoms. The number of quaternary nitrogens is 1. The second-order valence-corrected chi connectivity index (χ2v) is 5.22. The van der Waals surface area contributed by atoms with Gasteiger partial charge in [0.25, 0.3) is 0 Å². The summed E-state index contributed by atoms with van der Waals surface area (Å²) in [7, 11) is 3.99. The van der Waals surface area contributed by atoms with Gasteiger partial charge in [0.2, 0.25) is 0 Å². The third-order valence-corrected chi connectivity index (χ3v) is 3.80. The first-order valence-corrected chi connectivity index (χ1v) is 7.83. The van der Waals surface area contributed by atoms with Gasteiger partial charge in [-0.1, -0.05) is 18.2 Å². The predicted molar refractivity (Wildman–Crippen MR) is 90.8 cm³/mol. The molecule has 0 aliphatic rings. The Bertz CT molecular complexity index is 572. The van der Waals surface area contributed by atoms with Crippen molar-refractivity contribution in [1.29, 1.82) is 0 Å². The molecule has 1 rings (SSSR count). The summed E-state index contributed by atoms with van der Waals surface area (Å²) >= 11 is 0. The van der Waals surface area contributed by atoms with Crippen molar-refractivity contribution in [3.05, 3.63) is 30.3 Å². The summed E-state index contributed by atoms with van der Waals surface area (Å²) < 4.78 is 8.77. The molecule has 1 aromatic carbocycles. The van der Waals surface area contributed by atoms with Gasteiger partial charge in [-0.2, -0.15) is 4.84 Å². The normalized spacial score (nSPS) is 13.2. The van der Waals surface area contributed by atoms with E-state index in [0.29, 0.717) is 5.69 Å². The molecule has 1 atom stereocenters. The minimum Gasteiger partial charge on any atom is -0.469 e. The zero-order valence-electron chi connectivity index (χ0n) is 15.1. The van der Waals surface area contributed by atoms with E-state index in [1.807, 2.05) is 6.07 Å². The van der Waals surface area contributed by atoms with E-state index in [1.54, 1.807) is 29.3 Å². The minimum atomic E-state index is -0.575. The molecule has 0 bridgehead atoms. The Labute approximate surface area is 147 Å². The van der Waals surface area contributed by atoms with Crippen LogP contribution in [0.25, 0.3) is 0 Å². The zero-order valence-corrected chi connectivity index (χ0v) is 15.1. The van der Waals surface area contributed by atoms with Crippen LogP contribution in [0.4, 0.5) is 5.69 Å². The average molecular weight is 353 g/mol. The van der Waals surface area contributed by atoms with Gasteiger partial charge in [-0.05, 0) is 4.76 Å². The first-order valence-electron chi connectivity index (χ1n) is 7.83. The summed E-state index contributed by atoms with van der Waals surface area (Å²) in [6, 6.07) is 8.87. The first-order chi connectivity index (χ1) is 11.9. The van der Waals surface area contributed by atoms with Crippen molar-refractivity contribution < 1.29 is 28.7 Å². The molecule has 0 aliphatic carbocycles. The molecule has 0 saturated heterocycles. The van der Waals surface area contributed by atoms with Gasteiger partial charge in [0.15, 0.2) is 5.69 Å². The third kappa shape index (κ3) is 5.09. The van der Waals surface area contributed by atoms with Gasteiger partial charge in [-0.25, -0.2) is 4.79 Å². The van der Waals surface area contributed by atoms with E-state index < -0.39 is 16.7 Å². The Hall–Kier alpha value is -2.29. The Morgan fingerprint density at radius 2 is 1.40 bits per heavy atom. The van der Waals surface area contributed by atoms with Crippen LogP contribution in [0.5, 0.6) is 0 Å². The topological polar surface area (TPSA) is 82.1 Å². The molecule has 8 heteroatoms. The number of carbonyl (C=O) groups excluding carboxylic acids is 3. The lowest BCUT2D eigenvalue weighted by Gasteiger charge is -2.38. The number of ether oxygens (including phenoxy) is 2. The zero-order chi connectivity index (χ0) is 18.9. The molecular weight excluding hydrogens is 328 g/mol. The SMILES string of the molecule is COC(=O)CCN(CCC(=O)OC)[N+](OC)(C(C)=O)c1ccccc1. The van der Waals surface area contributed by atoms with Crippen molar-refractivity contribution >= 4 is 23.5 Å². The number of rotatable bonds is 9. The number of hydroxylamine groups is 1. The fraction of sp³-hybridized carbons (Fsp3) is 0.471. The van der Waals surface area contributed by atoms with E-state index in [-0.39, 0.29) is 31.8 Å². The van der Waals surface area contributed by atoms with Crippen LogP contribution < -0.4 is 4.76 Å². The maximum Gasteiger partial charge on any atom is 0.367 e. The van der Waals surface area contributed by atoms with Crippen molar-refractivity contribution in [2.45, 2.75) is 19.8 Å². The molecule has 0 saturated carbocycles. The van der Waals surface area contributed by atoms with Crippen molar-refractivity contribution in [3.8, 4) is 0 Å². The molecule has 0 fully saturated rings. The number of para-hydroxylation sites is 1. The van der Waals surface area contributed by atoms with Crippen LogP contribution in [0.15, 0.2) is 30.3 Å². The molecule has 138 valence electrons. The van der Waals surface area contributed by atoms with Gasteiger partial charge in [0.1, 0.15) is 0 Å². The van der Waals surface area contributed by atoms with Gasteiger partial charge >= 0.3 is 17.8 Å². The molecule has 0 aromatic heterocycles. The number of methoxy groups -OCH3 is 2. The quantitative estimate of drug-likeness (QED) is 0.377. The highest BCUT2D eigenvalue weighted by molar-refractivity contribution is 5.84. The second-order valence-electron chi connectivity index (χ2n) is 5.22. The number of hydrogen-bond acceptors (Lipinski definition) is 7. The lowest BCUT2D eigenvalue weighted by molar-refractivity contribution is -0.244. The van der Waals surface area contributed by atoms with Crippen LogP contribution in [-0.2, 0) is 28.7 Å². The molecule has 1 unspecified atom stereocenters. The number of nitrogens with zero attached hydrogens (tertiary/aromatic N) is 2.